The standard InChI is InChI=1S/C17H31NO3/c1-4-14(5-2)17(20)18(13-12-16(19)21-3)15-10-8-6-7-9-11-15/h14-15H,4-13H2,1-3H3. The van der Waals surface area contributed by atoms with E-state index in [1.165, 1.54) is 32.8 Å². The predicted octanol–water partition coefficient (Wildman–Crippen LogP) is 3.54. The Morgan fingerprint density at radius 1 is 1.10 bits per heavy atom. The van der Waals surface area contributed by atoms with E-state index in [2.05, 4.69) is 13.8 Å². The minimum atomic E-state index is -0.231. The Kier molecular flexibility index (Phi) is 8.40. The molecule has 1 aliphatic rings. The van der Waals surface area contributed by atoms with Crippen LogP contribution in [-0.2, 0) is 14.3 Å². The van der Waals surface area contributed by atoms with Gasteiger partial charge in [0, 0.05) is 18.5 Å². The van der Waals surface area contributed by atoms with E-state index in [4.69, 9.17) is 4.74 Å². The maximum Gasteiger partial charge on any atom is 0.307 e. The Bertz CT molecular complexity index is 318. The van der Waals surface area contributed by atoms with Crippen LogP contribution >= 0.6 is 0 Å². The molecule has 0 aromatic heterocycles. The quantitative estimate of drug-likeness (QED) is 0.533. The van der Waals surface area contributed by atoms with E-state index < -0.39 is 0 Å². The summed E-state index contributed by atoms with van der Waals surface area (Å²) in [6, 6.07) is 0.310. The van der Waals surface area contributed by atoms with Crippen LogP contribution < -0.4 is 0 Å². The summed E-state index contributed by atoms with van der Waals surface area (Å²) in [5.41, 5.74) is 0. The summed E-state index contributed by atoms with van der Waals surface area (Å²) in [6.45, 7) is 4.64. The summed E-state index contributed by atoms with van der Waals surface area (Å²) >= 11 is 0. The molecule has 122 valence electrons. The van der Waals surface area contributed by atoms with Crippen LogP contribution in [0.1, 0.15) is 71.6 Å². The zero-order valence-corrected chi connectivity index (χ0v) is 13.9. The molecule has 1 fully saturated rings. The third kappa shape index (κ3) is 5.68. The van der Waals surface area contributed by atoms with Crippen molar-refractivity contribution in [2.24, 2.45) is 5.92 Å². The van der Waals surface area contributed by atoms with Crippen molar-refractivity contribution in [1.29, 1.82) is 0 Å². The first-order valence-corrected chi connectivity index (χ1v) is 8.51. The van der Waals surface area contributed by atoms with E-state index in [0.29, 0.717) is 19.0 Å². The predicted molar refractivity (Wildman–Crippen MR) is 83.9 cm³/mol. The van der Waals surface area contributed by atoms with E-state index >= 15 is 0 Å². The summed E-state index contributed by atoms with van der Waals surface area (Å²) in [5.74, 6) is 0.0904. The topological polar surface area (TPSA) is 46.6 Å². The highest BCUT2D eigenvalue weighted by atomic mass is 16.5. The largest absolute Gasteiger partial charge is 0.469 e. The zero-order valence-electron chi connectivity index (χ0n) is 13.9. The number of methoxy groups -OCH3 is 1. The van der Waals surface area contributed by atoms with Crippen molar-refractivity contribution in [2.45, 2.75) is 77.7 Å². The van der Waals surface area contributed by atoms with Crippen LogP contribution in [0.3, 0.4) is 0 Å². The Morgan fingerprint density at radius 3 is 2.14 bits per heavy atom. The van der Waals surface area contributed by atoms with Gasteiger partial charge in [0.1, 0.15) is 0 Å². The molecule has 0 unspecified atom stereocenters. The number of hydrogen-bond acceptors (Lipinski definition) is 3. The summed E-state index contributed by atoms with van der Waals surface area (Å²) < 4.78 is 4.73. The molecule has 0 spiro atoms. The molecule has 4 nitrogen and oxygen atoms in total. The molecule has 0 aromatic carbocycles. The van der Waals surface area contributed by atoms with Crippen molar-refractivity contribution in [3.8, 4) is 0 Å². The second kappa shape index (κ2) is 9.80. The second-order valence-corrected chi connectivity index (χ2v) is 6.02. The van der Waals surface area contributed by atoms with Crippen LogP contribution in [0.25, 0.3) is 0 Å². The van der Waals surface area contributed by atoms with Crippen LogP contribution in [0, 0.1) is 5.92 Å². The van der Waals surface area contributed by atoms with Gasteiger partial charge in [-0.05, 0) is 25.7 Å². The number of amides is 1. The lowest BCUT2D eigenvalue weighted by Crippen LogP contribution is -2.44. The third-order valence-corrected chi connectivity index (χ3v) is 4.67. The minimum absolute atomic E-state index is 0.0888. The van der Waals surface area contributed by atoms with Gasteiger partial charge in [-0.3, -0.25) is 9.59 Å². The Labute approximate surface area is 129 Å². The Morgan fingerprint density at radius 2 is 1.67 bits per heavy atom. The molecule has 0 heterocycles. The Balaban J connectivity index is 2.76. The lowest BCUT2D eigenvalue weighted by Gasteiger charge is -2.33. The monoisotopic (exact) mass is 297 g/mol. The van der Waals surface area contributed by atoms with Gasteiger partial charge in [0.2, 0.25) is 5.91 Å². The molecule has 4 heteroatoms. The highest BCUT2D eigenvalue weighted by Gasteiger charge is 2.28. The van der Waals surface area contributed by atoms with Gasteiger partial charge >= 0.3 is 5.97 Å². The first kappa shape index (κ1) is 18.0. The minimum Gasteiger partial charge on any atom is -0.469 e. The van der Waals surface area contributed by atoms with Gasteiger partial charge < -0.3 is 9.64 Å². The Hall–Kier alpha value is -1.06. The molecule has 0 N–H and O–H groups in total. The van der Waals surface area contributed by atoms with E-state index in [1.807, 2.05) is 4.90 Å². The van der Waals surface area contributed by atoms with Crippen molar-refractivity contribution in [3.63, 3.8) is 0 Å². The molecule has 0 atom stereocenters. The molecule has 0 saturated heterocycles. The molecule has 0 radical (unpaired) electrons. The average Bonchev–Trinajstić information content (AvgIpc) is 2.77. The van der Waals surface area contributed by atoms with Gasteiger partial charge in [0.15, 0.2) is 0 Å². The fourth-order valence-corrected chi connectivity index (χ4v) is 3.23. The maximum absolute atomic E-state index is 12.8. The molecule has 0 aromatic rings. The third-order valence-electron chi connectivity index (χ3n) is 4.67. The average molecular weight is 297 g/mol. The molecule has 0 aliphatic heterocycles. The number of hydrogen-bond donors (Lipinski definition) is 0. The molecule has 1 rings (SSSR count). The van der Waals surface area contributed by atoms with Crippen molar-refractivity contribution < 1.29 is 14.3 Å². The van der Waals surface area contributed by atoms with E-state index in [0.717, 1.165) is 25.7 Å². The van der Waals surface area contributed by atoms with Crippen LogP contribution in [0.5, 0.6) is 0 Å². The van der Waals surface area contributed by atoms with Crippen LogP contribution in [0.4, 0.5) is 0 Å². The van der Waals surface area contributed by atoms with Gasteiger partial charge in [-0.15, -0.1) is 0 Å². The summed E-state index contributed by atoms with van der Waals surface area (Å²) in [5, 5.41) is 0. The number of ether oxygens (including phenoxy) is 1. The summed E-state index contributed by atoms with van der Waals surface area (Å²) in [7, 11) is 1.40. The maximum atomic E-state index is 12.8. The van der Waals surface area contributed by atoms with Gasteiger partial charge in [-0.2, -0.15) is 0 Å². The first-order valence-electron chi connectivity index (χ1n) is 8.51. The number of rotatable bonds is 7. The molecule has 1 aliphatic carbocycles. The lowest BCUT2D eigenvalue weighted by atomic mass is 9.98. The first-order chi connectivity index (χ1) is 10.1. The van der Waals surface area contributed by atoms with E-state index in [1.54, 1.807) is 0 Å². The van der Waals surface area contributed by atoms with Crippen LogP contribution in [0.15, 0.2) is 0 Å². The molecule has 21 heavy (non-hydrogen) atoms. The highest BCUT2D eigenvalue weighted by molar-refractivity contribution is 5.80. The van der Waals surface area contributed by atoms with Crippen molar-refractivity contribution in [2.75, 3.05) is 13.7 Å². The van der Waals surface area contributed by atoms with Crippen LogP contribution in [-0.4, -0.2) is 36.5 Å². The molecule has 1 amide bonds. The van der Waals surface area contributed by atoms with Crippen molar-refractivity contribution in [1.82, 2.24) is 4.90 Å². The molecule has 0 bridgehead atoms. The fourth-order valence-electron chi connectivity index (χ4n) is 3.23. The van der Waals surface area contributed by atoms with E-state index in [9.17, 15) is 9.59 Å². The van der Waals surface area contributed by atoms with E-state index in [-0.39, 0.29) is 17.8 Å². The highest BCUT2D eigenvalue weighted by Crippen LogP contribution is 2.25. The zero-order chi connectivity index (χ0) is 15.7. The molecular weight excluding hydrogens is 266 g/mol. The normalized spacial score (nSPS) is 16.6. The van der Waals surface area contributed by atoms with Gasteiger partial charge in [-0.1, -0.05) is 39.5 Å². The second-order valence-electron chi connectivity index (χ2n) is 6.02. The number of nitrogens with zero attached hydrogens (tertiary/aromatic N) is 1. The SMILES string of the molecule is CCC(CC)C(=O)N(CCC(=O)OC)C1CCCCCC1. The van der Waals surface area contributed by atoms with Crippen LogP contribution in [0.2, 0.25) is 0 Å². The number of esters is 1. The van der Waals surface area contributed by atoms with Crippen molar-refractivity contribution in [3.05, 3.63) is 0 Å². The smallest absolute Gasteiger partial charge is 0.307 e. The number of carbonyl (C=O) groups excluding carboxylic acids is 2. The molecular formula is C17H31NO3. The van der Waals surface area contributed by atoms with Gasteiger partial charge in [0.05, 0.1) is 13.5 Å². The lowest BCUT2D eigenvalue weighted by molar-refractivity contribution is -0.143. The fraction of sp³-hybridized carbons (Fsp3) is 0.882. The summed E-state index contributed by atoms with van der Waals surface area (Å²) in [6.07, 6.45) is 9.11. The van der Waals surface area contributed by atoms with Gasteiger partial charge in [-0.25, -0.2) is 0 Å². The number of carbonyl (C=O) groups is 2. The summed E-state index contributed by atoms with van der Waals surface area (Å²) in [4.78, 5) is 26.2. The molecule has 1 saturated carbocycles. The van der Waals surface area contributed by atoms with Gasteiger partial charge in [0.25, 0.3) is 0 Å². The van der Waals surface area contributed by atoms with Crippen molar-refractivity contribution >= 4 is 11.9 Å².